The Morgan fingerprint density at radius 1 is 1.50 bits per heavy atom. The Morgan fingerprint density at radius 3 is 2.83 bits per heavy atom. The molecule has 0 bridgehead atoms. The quantitative estimate of drug-likeness (QED) is 0.870. The zero-order valence-corrected chi connectivity index (χ0v) is 12.9. The van der Waals surface area contributed by atoms with Crippen LogP contribution >= 0.6 is 15.9 Å². The summed E-state index contributed by atoms with van der Waals surface area (Å²) in [6, 6.07) is 2.78. The van der Waals surface area contributed by atoms with Crippen molar-refractivity contribution in [1.29, 1.82) is 0 Å². The van der Waals surface area contributed by atoms with E-state index >= 15 is 0 Å². The van der Waals surface area contributed by atoms with Crippen molar-refractivity contribution in [1.82, 2.24) is 10.3 Å². The summed E-state index contributed by atoms with van der Waals surface area (Å²) >= 11 is 3.47. The highest BCUT2D eigenvalue weighted by Crippen LogP contribution is 2.26. The molecule has 1 fully saturated rings. The van der Waals surface area contributed by atoms with Crippen LogP contribution in [0.25, 0.3) is 0 Å². The molecule has 0 radical (unpaired) electrons. The average Bonchev–Trinajstić information content (AvgIpc) is 3.13. The number of hydrogen-bond donors (Lipinski definition) is 1. The van der Waals surface area contributed by atoms with Gasteiger partial charge in [-0.3, -0.25) is 0 Å². The maximum atomic E-state index is 6.02. The van der Waals surface area contributed by atoms with Gasteiger partial charge in [-0.15, -0.1) is 0 Å². The second-order valence-electron chi connectivity index (χ2n) is 5.49. The number of ether oxygens (including phenoxy) is 1. The molecule has 1 aromatic rings. The van der Waals surface area contributed by atoms with Crippen molar-refractivity contribution in [3.8, 4) is 5.88 Å². The van der Waals surface area contributed by atoms with Crippen molar-refractivity contribution >= 4 is 15.9 Å². The van der Waals surface area contributed by atoms with Crippen molar-refractivity contribution in [2.24, 2.45) is 0 Å². The summed E-state index contributed by atoms with van der Waals surface area (Å²) in [6.07, 6.45) is 5.33. The van der Waals surface area contributed by atoms with E-state index in [0.29, 0.717) is 6.04 Å². The summed E-state index contributed by atoms with van der Waals surface area (Å²) in [4.78, 5) is 4.40. The molecular weight excluding hydrogens is 292 g/mol. The third-order valence-corrected chi connectivity index (χ3v) is 3.71. The van der Waals surface area contributed by atoms with Gasteiger partial charge in [0.05, 0.1) is 0 Å². The molecule has 1 aliphatic rings. The molecule has 2 rings (SSSR count). The fourth-order valence-corrected chi connectivity index (χ4v) is 1.94. The van der Waals surface area contributed by atoms with E-state index in [1.54, 1.807) is 6.20 Å². The lowest BCUT2D eigenvalue weighted by molar-refractivity contribution is 0.0973. The van der Waals surface area contributed by atoms with E-state index in [9.17, 15) is 0 Å². The molecule has 1 saturated carbocycles. The fraction of sp³-hybridized carbons (Fsp3) is 0.643. The van der Waals surface area contributed by atoms with Crippen molar-refractivity contribution in [2.45, 2.75) is 58.2 Å². The summed E-state index contributed by atoms with van der Waals surface area (Å²) < 4.78 is 7.01. The number of hydrogen-bond acceptors (Lipinski definition) is 3. The minimum Gasteiger partial charge on any atom is -0.471 e. The van der Waals surface area contributed by atoms with Crippen molar-refractivity contribution in [2.75, 3.05) is 0 Å². The Bertz CT molecular complexity index is 416. The molecule has 3 nitrogen and oxygen atoms in total. The Labute approximate surface area is 117 Å². The van der Waals surface area contributed by atoms with E-state index < -0.39 is 0 Å². The topological polar surface area (TPSA) is 34.1 Å². The first kappa shape index (κ1) is 13.8. The molecule has 0 spiro atoms. The summed E-state index contributed by atoms with van der Waals surface area (Å²) in [6.45, 7) is 7.14. The zero-order chi connectivity index (χ0) is 13.2. The number of rotatable bonds is 6. The summed E-state index contributed by atoms with van der Waals surface area (Å²) in [7, 11) is 0. The molecule has 100 valence electrons. The first-order valence-electron chi connectivity index (χ1n) is 6.57. The minimum absolute atomic E-state index is 0.171. The summed E-state index contributed by atoms with van der Waals surface area (Å²) in [5.74, 6) is 0.748. The third-order valence-electron chi connectivity index (χ3n) is 3.27. The molecule has 0 aliphatic heterocycles. The Balaban J connectivity index is 2.11. The van der Waals surface area contributed by atoms with Gasteiger partial charge in [-0.05, 0) is 55.1 Å². The first-order chi connectivity index (χ1) is 8.50. The summed E-state index contributed by atoms with van der Waals surface area (Å²) in [5.41, 5.74) is 0.951. The van der Waals surface area contributed by atoms with Gasteiger partial charge in [-0.25, -0.2) is 4.98 Å². The van der Waals surface area contributed by atoms with Crippen LogP contribution in [0.3, 0.4) is 0 Å². The smallest absolute Gasteiger partial charge is 0.218 e. The van der Waals surface area contributed by atoms with Gasteiger partial charge in [0.2, 0.25) is 5.88 Å². The standard InChI is InChI=1S/C14H21BrN2O/c1-4-14(2,3)18-13-10(7-11(15)9-17-13)8-16-12-5-6-12/h7,9,12,16H,4-6,8H2,1-3H3. The van der Waals surface area contributed by atoms with Crippen LogP contribution in [0.1, 0.15) is 45.6 Å². The van der Waals surface area contributed by atoms with Crippen LogP contribution in [0.15, 0.2) is 16.7 Å². The molecule has 1 heterocycles. The van der Waals surface area contributed by atoms with Gasteiger partial charge < -0.3 is 10.1 Å². The third kappa shape index (κ3) is 3.95. The van der Waals surface area contributed by atoms with Gasteiger partial charge in [-0.2, -0.15) is 0 Å². The molecule has 1 N–H and O–H groups in total. The second-order valence-corrected chi connectivity index (χ2v) is 6.40. The zero-order valence-electron chi connectivity index (χ0n) is 11.3. The largest absolute Gasteiger partial charge is 0.471 e. The highest BCUT2D eigenvalue weighted by atomic mass is 79.9. The molecule has 0 saturated heterocycles. The maximum absolute atomic E-state index is 6.02. The molecule has 0 aromatic carbocycles. The van der Waals surface area contributed by atoms with Gasteiger partial charge >= 0.3 is 0 Å². The monoisotopic (exact) mass is 312 g/mol. The molecular formula is C14H21BrN2O. The van der Waals surface area contributed by atoms with Gasteiger partial charge in [0, 0.05) is 28.8 Å². The molecule has 18 heavy (non-hydrogen) atoms. The number of halogens is 1. The molecule has 4 heteroatoms. The van der Waals surface area contributed by atoms with Crippen LogP contribution in [0, 0.1) is 0 Å². The average molecular weight is 313 g/mol. The van der Waals surface area contributed by atoms with E-state index in [1.165, 1.54) is 12.8 Å². The molecule has 1 aliphatic carbocycles. The van der Waals surface area contributed by atoms with E-state index in [0.717, 1.165) is 28.9 Å². The van der Waals surface area contributed by atoms with Gasteiger partial charge in [0.15, 0.2) is 0 Å². The lowest BCUT2D eigenvalue weighted by atomic mass is 10.1. The van der Waals surface area contributed by atoms with Crippen molar-refractivity contribution in [3.05, 3.63) is 22.3 Å². The molecule has 1 aromatic heterocycles. The maximum Gasteiger partial charge on any atom is 0.218 e. The van der Waals surface area contributed by atoms with E-state index in [-0.39, 0.29) is 5.60 Å². The van der Waals surface area contributed by atoms with Crippen molar-refractivity contribution < 1.29 is 4.74 Å². The summed E-state index contributed by atoms with van der Waals surface area (Å²) in [5, 5.41) is 3.50. The predicted molar refractivity (Wildman–Crippen MR) is 76.8 cm³/mol. The molecule has 0 atom stereocenters. The molecule has 0 amide bonds. The normalized spacial score (nSPS) is 15.8. The van der Waals surface area contributed by atoms with Crippen LogP contribution in [-0.2, 0) is 6.54 Å². The van der Waals surface area contributed by atoms with Crippen LogP contribution in [0.5, 0.6) is 5.88 Å². The Morgan fingerprint density at radius 2 is 2.22 bits per heavy atom. The minimum atomic E-state index is -0.171. The number of pyridine rings is 1. The van der Waals surface area contributed by atoms with Gasteiger partial charge in [0.1, 0.15) is 5.60 Å². The molecule has 0 unspecified atom stereocenters. The SMILES string of the molecule is CCC(C)(C)Oc1ncc(Br)cc1CNC1CC1. The van der Waals surface area contributed by atoms with Crippen LogP contribution < -0.4 is 10.1 Å². The fourth-order valence-electron chi connectivity index (χ4n) is 1.56. The van der Waals surface area contributed by atoms with E-state index in [1.807, 2.05) is 0 Å². The lowest BCUT2D eigenvalue weighted by Gasteiger charge is -2.25. The van der Waals surface area contributed by atoms with Gasteiger partial charge in [0.25, 0.3) is 0 Å². The number of nitrogens with zero attached hydrogens (tertiary/aromatic N) is 1. The highest BCUT2D eigenvalue weighted by Gasteiger charge is 2.23. The van der Waals surface area contributed by atoms with Gasteiger partial charge in [-0.1, -0.05) is 6.92 Å². The number of aromatic nitrogens is 1. The lowest BCUT2D eigenvalue weighted by Crippen LogP contribution is -2.28. The first-order valence-corrected chi connectivity index (χ1v) is 7.36. The van der Waals surface area contributed by atoms with Crippen LogP contribution in [0.2, 0.25) is 0 Å². The van der Waals surface area contributed by atoms with Crippen molar-refractivity contribution in [3.63, 3.8) is 0 Å². The van der Waals surface area contributed by atoms with Crippen LogP contribution in [-0.4, -0.2) is 16.6 Å². The second kappa shape index (κ2) is 5.57. The van der Waals surface area contributed by atoms with E-state index in [4.69, 9.17) is 4.74 Å². The van der Waals surface area contributed by atoms with E-state index in [2.05, 4.69) is 53.1 Å². The highest BCUT2D eigenvalue weighted by molar-refractivity contribution is 9.10. The van der Waals surface area contributed by atoms with Crippen LogP contribution in [0.4, 0.5) is 0 Å². The Hall–Kier alpha value is -0.610. The number of nitrogens with one attached hydrogen (secondary N) is 1. The predicted octanol–water partition coefficient (Wildman–Crippen LogP) is 3.66. The Kier molecular flexibility index (Phi) is 4.28.